The maximum absolute atomic E-state index is 6.95. The van der Waals surface area contributed by atoms with Crippen LogP contribution < -0.4 is 25.8 Å². The first-order chi connectivity index (χ1) is 15.9. The SMILES string of the molecule is COc1cccc(OC)c1CNCC1CCC(C2(N)N=C(N(C)C)C3=C(CCCC3)N2)CC1. The monoisotopic (exact) mass is 455 g/mol. The highest BCUT2D eigenvalue weighted by Gasteiger charge is 2.42. The highest BCUT2D eigenvalue weighted by Crippen LogP contribution is 2.39. The highest BCUT2D eigenvalue weighted by molar-refractivity contribution is 5.99. The fourth-order valence-electron chi connectivity index (χ4n) is 5.68. The summed E-state index contributed by atoms with van der Waals surface area (Å²) in [7, 11) is 7.59. The topological polar surface area (TPSA) is 84.1 Å². The van der Waals surface area contributed by atoms with Crippen LogP contribution in [-0.4, -0.2) is 51.4 Å². The van der Waals surface area contributed by atoms with Crippen molar-refractivity contribution in [3.8, 4) is 11.5 Å². The predicted octanol–water partition coefficient (Wildman–Crippen LogP) is 3.60. The van der Waals surface area contributed by atoms with Crippen molar-refractivity contribution >= 4 is 5.84 Å². The van der Waals surface area contributed by atoms with Gasteiger partial charge in [-0.2, -0.15) is 0 Å². The average molecular weight is 456 g/mol. The van der Waals surface area contributed by atoms with Crippen LogP contribution in [0.25, 0.3) is 0 Å². The quantitative estimate of drug-likeness (QED) is 0.583. The third kappa shape index (κ3) is 5.14. The summed E-state index contributed by atoms with van der Waals surface area (Å²) in [5.41, 5.74) is 10.7. The Labute approximate surface area is 198 Å². The molecular formula is C26H41N5O2. The third-order valence-corrected chi connectivity index (χ3v) is 7.54. The molecule has 2 aliphatic carbocycles. The molecular weight excluding hydrogens is 414 g/mol. The molecule has 1 aromatic rings. The summed E-state index contributed by atoms with van der Waals surface area (Å²) in [5.74, 6) is 3.14. The number of ether oxygens (including phenoxy) is 2. The van der Waals surface area contributed by atoms with Crippen molar-refractivity contribution in [2.75, 3.05) is 34.9 Å². The molecule has 3 aliphatic rings. The second kappa shape index (κ2) is 10.3. The number of nitrogens with zero attached hydrogens (tertiary/aromatic N) is 2. The number of amidine groups is 1. The molecule has 4 rings (SSSR count). The lowest BCUT2D eigenvalue weighted by Gasteiger charge is -2.45. The van der Waals surface area contributed by atoms with Crippen molar-refractivity contribution in [1.29, 1.82) is 0 Å². The lowest BCUT2D eigenvalue weighted by molar-refractivity contribution is 0.150. The Morgan fingerprint density at radius 3 is 2.39 bits per heavy atom. The first-order valence-corrected chi connectivity index (χ1v) is 12.4. The van der Waals surface area contributed by atoms with Crippen LogP contribution in [0.5, 0.6) is 11.5 Å². The minimum absolute atomic E-state index is 0.356. The van der Waals surface area contributed by atoms with Gasteiger partial charge in [-0.25, -0.2) is 4.99 Å². The van der Waals surface area contributed by atoms with Crippen molar-refractivity contribution in [3.63, 3.8) is 0 Å². The van der Waals surface area contributed by atoms with Crippen molar-refractivity contribution < 1.29 is 9.47 Å². The van der Waals surface area contributed by atoms with Crippen LogP contribution in [0.4, 0.5) is 0 Å². The van der Waals surface area contributed by atoms with E-state index in [2.05, 4.69) is 29.6 Å². The third-order valence-electron chi connectivity index (χ3n) is 7.54. The first-order valence-electron chi connectivity index (χ1n) is 12.4. The summed E-state index contributed by atoms with van der Waals surface area (Å²) < 4.78 is 11.1. The molecule has 0 bridgehead atoms. The van der Waals surface area contributed by atoms with Crippen LogP contribution >= 0.6 is 0 Å². The van der Waals surface area contributed by atoms with Crippen LogP contribution in [0, 0.1) is 11.8 Å². The first kappa shape index (κ1) is 23.9. The summed E-state index contributed by atoms with van der Waals surface area (Å²) in [6.45, 7) is 1.73. The molecule has 4 N–H and O–H groups in total. The second-order valence-electron chi connectivity index (χ2n) is 9.93. The maximum atomic E-state index is 6.95. The van der Waals surface area contributed by atoms with Crippen molar-refractivity contribution in [2.45, 2.75) is 63.7 Å². The molecule has 0 spiro atoms. The van der Waals surface area contributed by atoms with E-state index >= 15 is 0 Å². The molecule has 1 aliphatic heterocycles. The molecule has 7 heteroatoms. The van der Waals surface area contributed by atoms with E-state index in [4.69, 9.17) is 20.2 Å². The molecule has 1 atom stereocenters. The molecule has 0 saturated heterocycles. The number of nitrogens with two attached hydrogens (primary N) is 1. The van der Waals surface area contributed by atoms with Crippen LogP contribution in [0.1, 0.15) is 56.9 Å². The summed E-state index contributed by atoms with van der Waals surface area (Å²) in [6, 6.07) is 5.93. The van der Waals surface area contributed by atoms with Crippen LogP contribution in [0.3, 0.4) is 0 Å². The molecule has 1 fully saturated rings. The fourth-order valence-corrected chi connectivity index (χ4v) is 5.68. The van der Waals surface area contributed by atoms with Crippen LogP contribution in [0.15, 0.2) is 34.5 Å². The summed E-state index contributed by atoms with van der Waals surface area (Å²) in [6.07, 6.45) is 9.20. The second-order valence-corrected chi connectivity index (χ2v) is 9.93. The predicted molar refractivity (Wildman–Crippen MR) is 133 cm³/mol. The van der Waals surface area contributed by atoms with Gasteiger partial charge in [0.2, 0.25) is 0 Å². The van der Waals surface area contributed by atoms with Gasteiger partial charge >= 0.3 is 0 Å². The van der Waals surface area contributed by atoms with Gasteiger partial charge in [-0.05, 0) is 76.0 Å². The Balaban J connectivity index is 1.33. The van der Waals surface area contributed by atoms with Crippen molar-refractivity contribution in [3.05, 3.63) is 35.0 Å². The fraction of sp³-hybridized carbons (Fsp3) is 0.654. The molecule has 1 saturated carbocycles. The van der Waals surface area contributed by atoms with Gasteiger partial charge in [0.05, 0.1) is 14.2 Å². The van der Waals surface area contributed by atoms with Crippen LogP contribution in [0.2, 0.25) is 0 Å². The lowest BCUT2D eigenvalue weighted by atomic mass is 9.77. The van der Waals surface area contributed by atoms with Gasteiger partial charge in [0.1, 0.15) is 17.3 Å². The van der Waals surface area contributed by atoms with E-state index < -0.39 is 5.79 Å². The van der Waals surface area contributed by atoms with E-state index in [0.717, 1.165) is 61.7 Å². The number of nitrogens with one attached hydrogen (secondary N) is 2. The van der Waals surface area contributed by atoms with Gasteiger partial charge in [0.25, 0.3) is 0 Å². The van der Waals surface area contributed by atoms with Crippen molar-refractivity contribution in [1.82, 2.24) is 15.5 Å². The van der Waals surface area contributed by atoms with Crippen LogP contribution in [-0.2, 0) is 6.54 Å². The molecule has 33 heavy (non-hydrogen) atoms. The number of rotatable bonds is 7. The standard InChI is InChI=1S/C26H41N5O2/c1-31(2)25-20-8-5-6-9-22(20)29-26(27,30-25)19-14-12-18(13-15-19)16-28-17-21-23(32-3)10-7-11-24(21)33-4/h7,10-11,18-19,28-29H,5-6,8-9,12-17,27H2,1-4H3. The Kier molecular flexibility index (Phi) is 7.49. The number of benzene rings is 1. The summed E-state index contributed by atoms with van der Waals surface area (Å²) in [5, 5.41) is 7.33. The number of allylic oxidation sites excluding steroid dienone is 1. The Morgan fingerprint density at radius 1 is 1.09 bits per heavy atom. The lowest BCUT2D eigenvalue weighted by Crippen LogP contribution is -2.61. The van der Waals surface area contributed by atoms with Gasteiger partial charge in [-0.15, -0.1) is 0 Å². The van der Waals surface area contributed by atoms with E-state index in [1.165, 1.54) is 37.0 Å². The molecule has 0 amide bonds. The van der Waals surface area contributed by atoms with E-state index in [1.807, 2.05) is 18.2 Å². The molecule has 7 nitrogen and oxygen atoms in total. The zero-order valence-electron chi connectivity index (χ0n) is 20.7. The molecule has 1 unspecified atom stereocenters. The van der Waals surface area contributed by atoms with E-state index in [-0.39, 0.29) is 0 Å². The summed E-state index contributed by atoms with van der Waals surface area (Å²) in [4.78, 5) is 7.24. The van der Waals surface area contributed by atoms with Gasteiger partial charge in [-0.1, -0.05) is 6.07 Å². The zero-order chi connectivity index (χ0) is 23.4. The number of hydrogen-bond donors (Lipinski definition) is 3. The molecule has 182 valence electrons. The maximum Gasteiger partial charge on any atom is 0.187 e. The smallest absolute Gasteiger partial charge is 0.187 e. The number of methoxy groups -OCH3 is 2. The minimum atomic E-state index is -0.682. The zero-order valence-corrected chi connectivity index (χ0v) is 20.7. The van der Waals surface area contributed by atoms with Gasteiger partial charge < -0.3 is 25.0 Å². The van der Waals surface area contributed by atoms with E-state index in [1.54, 1.807) is 14.2 Å². The molecule has 0 aromatic heterocycles. The minimum Gasteiger partial charge on any atom is -0.496 e. The van der Waals surface area contributed by atoms with Gasteiger partial charge in [0.15, 0.2) is 5.79 Å². The largest absolute Gasteiger partial charge is 0.496 e. The summed E-state index contributed by atoms with van der Waals surface area (Å²) >= 11 is 0. The van der Waals surface area contributed by atoms with Gasteiger partial charge in [-0.3, -0.25) is 5.73 Å². The Morgan fingerprint density at radius 2 is 1.76 bits per heavy atom. The number of likely N-dealkylation sites (N-methyl/N-ethyl adjacent to an activating group) is 1. The average Bonchev–Trinajstić information content (AvgIpc) is 2.83. The van der Waals surface area contributed by atoms with E-state index in [9.17, 15) is 0 Å². The molecule has 1 heterocycles. The highest BCUT2D eigenvalue weighted by atomic mass is 16.5. The molecule has 1 aromatic carbocycles. The normalized spacial score (nSPS) is 27.4. The number of aliphatic imine (C=N–C) groups is 1. The molecule has 0 radical (unpaired) electrons. The van der Waals surface area contributed by atoms with Crippen molar-refractivity contribution in [2.24, 2.45) is 22.6 Å². The number of hydrogen-bond acceptors (Lipinski definition) is 7. The Hall–Kier alpha value is -2.25. The van der Waals surface area contributed by atoms with E-state index in [0.29, 0.717) is 11.8 Å². The Bertz CT molecular complexity index is 866. The van der Waals surface area contributed by atoms with Gasteiger partial charge in [0, 0.05) is 43.4 Å².